The summed E-state index contributed by atoms with van der Waals surface area (Å²) in [6.07, 6.45) is -1.11. The molecule has 1 rings (SSSR count). The number of halogens is 1. The third-order valence-electron chi connectivity index (χ3n) is 2.42. The molecule has 7 heteroatoms. The monoisotopic (exact) mass is 298 g/mol. The van der Waals surface area contributed by atoms with Gasteiger partial charge >= 0.3 is 12.0 Å². The lowest BCUT2D eigenvalue weighted by Crippen LogP contribution is -2.45. The third kappa shape index (κ3) is 4.55. The van der Waals surface area contributed by atoms with Gasteiger partial charge < -0.3 is 10.5 Å². The van der Waals surface area contributed by atoms with Crippen molar-refractivity contribution in [1.82, 2.24) is 5.32 Å². The number of amides is 3. The molecule has 0 unspecified atom stereocenters. The molecule has 3 N–H and O–H groups in total. The minimum Gasteiger partial charge on any atom is -0.448 e. The Morgan fingerprint density at radius 3 is 2.20 bits per heavy atom. The van der Waals surface area contributed by atoms with Gasteiger partial charge in [-0.05, 0) is 30.2 Å². The first kappa shape index (κ1) is 16.0. The van der Waals surface area contributed by atoms with Crippen molar-refractivity contribution in [3.05, 3.63) is 34.9 Å². The number of carbonyl (C=O) groups is 3. The van der Waals surface area contributed by atoms with Crippen molar-refractivity contribution in [2.24, 2.45) is 11.7 Å². The molecule has 1 aromatic carbocycles. The molecule has 0 heterocycles. The van der Waals surface area contributed by atoms with E-state index >= 15 is 0 Å². The quantitative estimate of drug-likeness (QED) is 0.827. The number of rotatable bonds is 4. The summed E-state index contributed by atoms with van der Waals surface area (Å²) in [6.45, 7) is 3.36. The maximum absolute atomic E-state index is 11.9. The van der Waals surface area contributed by atoms with Crippen LogP contribution in [0, 0.1) is 5.92 Å². The van der Waals surface area contributed by atoms with Crippen LogP contribution in [0.3, 0.4) is 0 Å². The third-order valence-corrected chi connectivity index (χ3v) is 2.68. The second-order valence-electron chi connectivity index (χ2n) is 4.43. The molecule has 1 aromatic rings. The van der Waals surface area contributed by atoms with E-state index in [4.69, 9.17) is 22.1 Å². The smallest absolute Gasteiger partial charge is 0.338 e. The predicted molar refractivity (Wildman–Crippen MR) is 73.2 cm³/mol. The summed E-state index contributed by atoms with van der Waals surface area (Å²) in [7, 11) is 0. The van der Waals surface area contributed by atoms with Crippen LogP contribution in [0.1, 0.15) is 24.2 Å². The van der Waals surface area contributed by atoms with Gasteiger partial charge in [-0.25, -0.2) is 9.59 Å². The molecule has 0 bridgehead atoms. The Bertz CT molecular complexity index is 514. The van der Waals surface area contributed by atoms with Gasteiger partial charge in [-0.3, -0.25) is 10.1 Å². The zero-order valence-corrected chi connectivity index (χ0v) is 11.8. The fraction of sp³-hybridized carbons (Fsp3) is 0.308. The first-order valence-electron chi connectivity index (χ1n) is 5.88. The van der Waals surface area contributed by atoms with E-state index in [1.54, 1.807) is 13.8 Å². The lowest BCUT2D eigenvalue weighted by molar-refractivity contribution is -0.130. The molecule has 0 saturated heterocycles. The Hall–Kier alpha value is -2.08. The van der Waals surface area contributed by atoms with Gasteiger partial charge in [0.25, 0.3) is 5.91 Å². The number of urea groups is 1. The number of nitrogens with one attached hydrogen (secondary N) is 1. The van der Waals surface area contributed by atoms with Crippen molar-refractivity contribution in [2.45, 2.75) is 20.0 Å². The number of hydrogen-bond donors (Lipinski definition) is 2. The van der Waals surface area contributed by atoms with Gasteiger partial charge in [0.05, 0.1) is 5.56 Å². The number of esters is 1. The number of imide groups is 1. The summed E-state index contributed by atoms with van der Waals surface area (Å²) in [4.78, 5) is 34.3. The van der Waals surface area contributed by atoms with Gasteiger partial charge in [-0.2, -0.15) is 0 Å². The van der Waals surface area contributed by atoms with Crippen LogP contribution >= 0.6 is 11.6 Å². The molecule has 0 aliphatic heterocycles. The van der Waals surface area contributed by atoms with E-state index < -0.39 is 24.0 Å². The van der Waals surface area contributed by atoms with Gasteiger partial charge in [0, 0.05) is 5.02 Å². The van der Waals surface area contributed by atoms with Crippen molar-refractivity contribution in [2.75, 3.05) is 0 Å². The van der Waals surface area contributed by atoms with Crippen LogP contribution < -0.4 is 11.1 Å². The molecule has 0 aromatic heterocycles. The molecule has 1 atom stereocenters. The van der Waals surface area contributed by atoms with Crippen LogP contribution in [0.5, 0.6) is 0 Å². The van der Waals surface area contributed by atoms with Gasteiger partial charge in [0.1, 0.15) is 0 Å². The first-order chi connectivity index (χ1) is 9.31. The topological polar surface area (TPSA) is 98.5 Å². The number of primary amides is 1. The molecule has 0 radical (unpaired) electrons. The highest BCUT2D eigenvalue weighted by Gasteiger charge is 2.27. The summed E-state index contributed by atoms with van der Waals surface area (Å²) in [5.74, 6) is -1.75. The molecule has 3 amide bonds. The van der Waals surface area contributed by atoms with Gasteiger partial charge in [0.15, 0.2) is 6.10 Å². The fourth-order valence-corrected chi connectivity index (χ4v) is 1.58. The number of ether oxygens (including phenoxy) is 1. The van der Waals surface area contributed by atoms with Gasteiger partial charge in [-0.1, -0.05) is 25.4 Å². The lowest BCUT2D eigenvalue weighted by atomic mass is 10.1. The molecule has 0 aliphatic carbocycles. The number of carbonyl (C=O) groups excluding carboxylic acids is 3. The Morgan fingerprint density at radius 1 is 1.20 bits per heavy atom. The maximum atomic E-state index is 11.9. The summed E-state index contributed by atoms with van der Waals surface area (Å²) >= 11 is 5.71. The number of hydrogen-bond acceptors (Lipinski definition) is 4. The molecule has 20 heavy (non-hydrogen) atoms. The second kappa shape index (κ2) is 6.91. The molecule has 0 spiro atoms. The molecular weight excluding hydrogens is 284 g/mol. The normalized spacial score (nSPS) is 11.8. The van der Waals surface area contributed by atoms with Crippen LogP contribution in [0.4, 0.5) is 4.79 Å². The van der Waals surface area contributed by atoms with Crippen LogP contribution in [-0.4, -0.2) is 24.0 Å². The second-order valence-corrected chi connectivity index (χ2v) is 4.87. The fourth-order valence-electron chi connectivity index (χ4n) is 1.45. The van der Waals surface area contributed by atoms with Gasteiger partial charge in [-0.15, -0.1) is 0 Å². The first-order valence-corrected chi connectivity index (χ1v) is 6.26. The Balaban J connectivity index is 2.80. The van der Waals surface area contributed by atoms with E-state index in [0.29, 0.717) is 5.02 Å². The zero-order chi connectivity index (χ0) is 15.3. The van der Waals surface area contributed by atoms with E-state index in [-0.39, 0.29) is 11.5 Å². The molecule has 108 valence electrons. The summed E-state index contributed by atoms with van der Waals surface area (Å²) in [6, 6.07) is 5.03. The molecule has 0 saturated carbocycles. The Morgan fingerprint density at radius 2 is 1.75 bits per heavy atom. The highest BCUT2D eigenvalue weighted by molar-refractivity contribution is 6.30. The van der Waals surface area contributed by atoms with E-state index in [2.05, 4.69) is 0 Å². The summed E-state index contributed by atoms with van der Waals surface area (Å²) in [5, 5.41) is 2.37. The Kier molecular flexibility index (Phi) is 5.52. The average molecular weight is 299 g/mol. The number of benzene rings is 1. The Labute approximate surface area is 121 Å². The summed E-state index contributed by atoms with van der Waals surface area (Å²) < 4.78 is 5.10. The van der Waals surface area contributed by atoms with Crippen molar-refractivity contribution in [3.63, 3.8) is 0 Å². The van der Waals surface area contributed by atoms with Crippen LogP contribution in [0.2, 0.25) is 5.02 Å². The van der Waals surface area contributed by atoms with E-state index in [1.807, 2.05) is 5.32 Å². The van der Waals surface area contributed by atoms with Crippen molar-refractivity contribution in [3.8, 4) is 0 Å². The van der Waals surface area contributed by atoms with Crippen molar-refractivity contribution >= 4 is 29.5 Å². The van der Waals surface area contributed by atoms with E-state index in [0.717, 1.165) is 0 Å². The minimum atomic E-state index is -1.11. The van der Waals surface area contributed by atoms with Gasteiger partial charge in [0.2, 0.25) is 0 Å². The summed E-state index contributed by atoms with van der Waals surface area (Å²) in [5.41, 5.74) is 5.12. The highest BCUT2D eigenvalue weighted by Crippen LogP contribution is 2.14. The van der Waals surface area contributed by atoms with Crippen molar-refractivity contribution in [1.29, 1.82) is 0 Å². The zero-order valence-electron chi connectivity index (χ0n) is 11.1. The van der Waals surface area contributed by atoms with Crippen molar-refractivity contribution < 1.29 is 19.1 Å². The van der Waals surface area contributed by atoms with Crippen LogP contribution in [0.25, 0.3) is 0 Å². The minimum absolute atomic E-state index is 0.256. The predicted octanol–water partition coefficient (Wildman–Crippen LogP) is 1.72. The van der Waals surface area contributed by atoms with E-state index in [1.165, 1.54) is 24.3 Å². The molecule has 6 nitrogen and oxygen atoms in total. The molecular formula is C13H15ClN2O4. The highest BCUT2D eigenvalue weighted by atomic mass is 35.5. The number of nitrogens with two attached hydrogens (primary N) is 1. The average Bonchev–Trinajstić information content (AvgIpc) is 2.35. The standard InChI is InChI=1S/C13H15ClN2O4/c1-7(2)10(11(17)16-13(15)19)20-12(18)8-3-5-9(14)6-4-8/h3-7,10H,1-2H3,(H3,15,16,17,19)/t10-/m0/s1. The molecule has 0 aliphatic rings. The maximum Gasteiger partial charge on any atom is 0.338 e. The molecule has 0 fully saturated rings. The van der Waals surface area contributed by atoms with Crippen LogP contribution in [-0.2, 0) is 9.53 Å². The largest absolute Gasteiger partial charge is 0.448 e. The van der Waals surface area contributed by atoms with E-state index in [9.17, 15) is 14.4 Å². The SMILES string of the molecule is CC(C)[C@H](OC(=O)c1ccc(Cl)cc1)C(=O)NC(N)=O. The van der Waals surface area contributed by atoms with Crippen LogP contribution in [0.15, 0.2) is 24.3 Å². The lowest BCUT2D eigenvalue weighted by Gasteiger charge is -2.19.